The zero-order valence-electron chi connectivity index (χ0n) is 7.95. The summed E-state index contributed by atoms with van der Waals surface area (Å²) in [6, 6.07) is 0. The van der Waals surface area contributed by atoms with Gasteiger partial charge in [-0.15, -0.1) is 10.2 Å². The fraction of sp³-hybridized carbons (Fsp3) is 0.125. The van der Waals surface area contributed by atoms with E-state index < -0.39 is 0 Å². The molecule has 7 nitrogen and oxygen atoms in total. The molecule has 0 radical (unpaired) electrons. The number of carbonyl (C=O) groups excluding carboxylic acids is 1. The van der Waals surface area contributed by atoms with E-state index in [-0.39, 0.29) is 11.6 Å². The number of hydrogen-bond acceptors (Lipinski definition) is 5. The highest BCUT2D eigenvalue weighted by Gasteiger charge is 2.07. The standard InChI is InChI=1S/C8H8N6O/c1-6-2-10-7(3-9-6)8(15)13-14-4-11-12-5-14/h2-5H,1H3,(H,13,15). The van der Waals surface area contributed by atoms with Gasteiger partial charge in [0.25, 0.3) is 5.91 Å². The molecule has 7 heteroatoms. The molecule has 0 bridgehead atoms. The summed E-state index contributed by atoms with van der Waals surface area (Å²) in [4.78, 5) is 19.4. The summed E-state index contributed by atoms with van der Waals surface area (Å²) in [7, 11) is 0. The van der Waals surface area contributed by atoms with E-state index in [1.165, 1.54) is 29.7 Å². The molecule has 1 amide bonds. The summed E-state index contributed by atoms with van der Waals surface area (Å²) in [5.74, 6) is -0.359. The molecule has 15 heavy (non-hydrogen) atoms. The Kier molecular flexibility index (Phi) is 2.36. The Bertz CT molecular complexity index is 448. The Hall–Kier alpha value is -2.31. The second-order valence-corrected chi connectivity index (χ2v) is 2.85. The summed E-state index contributed by atoms with van der Waals surface area (Å²) in [6.07, 6.45) is 5.69. The molecular formula is C8H8N6O. The van der Waals surface area contributed by atoms with E-state index in [1.54, 1.807) is 6.92 Å². The average Bonchev–Trinajstić information content (AvgIpc) is 2.71. The predicted molar refractivity (Wildman–Crippen MR) is 50.5 cm³/mol. The van der Waals surface area contributed by atoms with E-state index >= 15 is 0 Å². The van der Waals surface area contributed by atoms with Gasteiger partial charge < -0.3 is 0 Å². The lowest BCUT2D eigenvalue weighted by Gasteiger charge is -2.02. The summed E-state index contributed by atoms with van der Waals surface area (Å²) in [6.45, 7) is 1.80. The molecule has 0 fully saturated rings. The third-order valence-corrected chi connectivity index (χ3v) is 1.66. The Morgan fingerprint density at radius 2 is 2.00 bits per heavy atom. The minimum Gasteiger partial charge on any atom is -0.266 e. The first-order valence-electron chi connectivity index (χ1n) is 4.20. The van der Waals surface area contributed by atoms with E-state index in [4.69, 9.17) is 0 Å². The van der Waals surface area contributed by atoms with Gasteiger partial charge >= 0.3 is 0 Å². The number of nitrogens with zero attached hydrogens (tertiary/aromatic N) is 5. The lowest BCUT2D eigenvalue weighted by Crippen LogP contribution is -2.22. The first-order valence-corrected chi connectivity index (χ1v) is 4.20. The zero-order valence-corrected chi connectivity index (χ0v) is 7.95. The van der Waals surface area contributed by atoms with Crippen molar-refractivity contribution in [1.29, 1.82) is 0 Å². The lowest BCUT2D eigenvalue weighted by molar-refractivity contribution is 0.100. The molecule has 0 saturated heterocycles. The van der Waals surface area contributed by atoms with Gasteiger partial charge in [0.05, 0.1) is 11.9 Å². The van der Waals surface area contributed by atoms with Gasteiger partial charge in [0.1, 0.15) is 18.3 Å². The molecule has 0 unspecified atom stereocenters. The molecule has 0 aliphatic heterocycles. The first-order chi connectivity index (χ1) is 7.25. The smallest absolute Gasteiger partial charge is 0.266 e. The Morgan fingerprint density at radius 3 is 2.60 bits per heavy atom. The topological polar surface area (TPSA) is 85.6 Å². The predicted octanol–water partition coefficient (Wildman–Crippen LogP) is -0.240. The molecule has 0 atom stereocenters. The molecule has 0 aliphatic rings. The van der Waals surface area contributed by atoms with Crippen LogP contribution in [0.2, 0.25) is 0 Å². The van der Waals surface area contributed by atoms with Crippen LogP contribution in [0.25, 0.3) is 0 Å². The molecule has 2 heterocycles. The van der Waals surface area contributed by atoms with Crippen LogP contribution in [-0.2, 0) is 0 Å². The highest BCUT2D eigenvalue weighted by atomic mass is 16.2. The van der Waals surface area contributed by atoms with Gasteiger partial charge in [-0.05, 0) is 6.92 Å². The Balaban J connectivity index is 2.11. The van der Waals surface area contributed by atoms with E-state index in [9.17, 15) is 4.79 Å². The third kappa shape index (κ3) is 2.13. The maximum atomic E-state index is 11.5. The van der Waals surface area contributed by atoms with Crippen molar-refractivity contribution in [3.63, 3.8) is 0 Å². The summed E-state index contributed by atoms with van der Waals surface area (Å²) < 4.78 is 1.34. The number of carbonyl (C=O) groups is 1. The Labute approximate surface area is 85.2 Å². The third-order valence-electron chi connectivity index (χ3n) is 1.66. The van der Waals surface area contributed by atoms with E-state index in [0.29, 0.717) is 0 Å². The van der Waals surface area contributed by atoms with Crippen LogP contribution in [-0.4, -0.2) is 30.7 Å². The molecule has 0 spiro atoms. The van der Waals surface area contributed by atoms with Gasteiger partial charge in [-0.2, -0.15) is 0 Å². The van der Waals surface area contributed by atoms with Gasteiger partial charge in [-0.1, -0.05) is 0 Å². The quantitative estimate of drug-likeness (QED) is 0.729. The van der Waals surface area contributed by atoms with Crippen molar-refractivity contribution in [2.45, 2.75) is 6.92 Å². The maximum absolute atomic E-state index is 11.5. The van der Waals surface area contributed by atoms with E-state index in [0.717, 1.165) is 5.69 Å². The van der Waals surface area contributed by atoms with Crippen molar-refractivity contribution in [3.8, 4) is 0 Å². The molecule has 2 aromatic heterocycles. The minimum atomic E-state index is -0.359. The highest BCUT2D eigenvalue weighted by Crippen LogP contribution is 1.94. The van der Waals surface area contributed by atoms with Crippen LogP contribution in [0.3, 0.4) is 0 Å². The SMILES string of the molecule is Cc1cnc(C(=O)Nn2cnnc2)cn1. The van der Waals surface area contributed by atoms with Crippen LogP contribution in [0.15, 0.2) is 25.0 Å². The maximum Gasteiger partial charge on any atom is 0.290 e. The number of nitrogens with one attached hydrogen (secondary N) is 1. The van der Waals surface area contributed by atoms with E-state index in [2.05, 4.69) is 25.6 Å². The summed E-state index contributed by atoms with van der Waals surface area (Å²) >= 11 is 0. The second-order valence-electron chi connectivity index (χ2n) is 2.85. The van der Waals surface area contributed by atoms with Crippen LogP contribution < -0.4 is 5.43 Å². The van der Waals surface area contributed by atoms with Crippen molar-refractivity contribution in [1.82, 2.24) is 24.8 Å². The lowest BCUT2D eigenvalue weighted by atomic mass is 10.4. The normalized spacial score (nSPS) is 9.93. The van der Waals surface area contributed by atoms with Crippen LogP contribution >= 0.6 is 0 Å². The summed E-state index contributed by atoms with van der Waals surface area (Å²) in [5.41, 5.74) is 3.51. The fourth-order valence-corrected chi connectivity index (χ4v) is 0.943. The monoisotopic (exact) mass is 204 g/mol. The van der Waals surface area contributed by atoms with Gasteiger partial charge in [0.2, 0.25) is 0 Å². The van der Waals surface area contributed by atoms with Crippen LogP contribution in [0, 0.1) is 6.92 Å². The molecule has 1 N–H and O–H groups in total. The van der Waals surface area contributed by atoms with Gasteiger partial charge in [0.15, 0.2) is 0 Å². The summed E-state index contributed by atoms with van der Waals surface area (Å²) in [5, 5.41) is 7.09. The van der Waals surface area contributed by atoms with Gasteiger partial charge in [0, 0.05) is 6.20 Å². The van der Waals surface area contributed by atoms with Crippen molar-refractivity contribution >= 4 is 5.91 Å². The molecule has 0 saturated carbocycles. The number of aromatic nitrogens is 5. The number of aryl methyl sites for hydroxylation is 1. The molecule has 76 valence electrons. The van der Waals surface area contributed by atoms with Crippen LogP contribution in [0.5, 0.6) is 0 Å². The molecule has 0 aromatic carbocycles. The molecule has 2 rings (SSSR count). The van der Waals surface area contributed by atoms with Crippen molar-refractivity contribution in [3.05, 3.63) is 36.4 Å². The number of hydrogen-bond donors (Lipinski definition) is 1. The van der Waals surface area contributed by atoms with Gasteiger partial charge in [-0.3, -0.25) is 15.2 Å². The number of amides is 1. The van der Waals surface area contributed by atoms with Crippen molar-refractivity contribution in [2.24, 2.45) is 0 Å². The number of rotatable bonds is 2. The van der Waals surface area contributed by atoms with Crippen molar-refractivity contribution in [2.75, 3.05) is 5.43 Å². The van der Waals surface area contributed by atoms with Crippen LogP contribution in [0.4, 0.5) is 0 Å². The zero-order chi connectivity index (χ0) is 10.7. The van der Waals surface area contributed by atoms with Crippen molar-refractivity contribution < 1.29 is 4.79 Å². The van der Waals surface area contributed by atoms with Gasteiger partial charge in [-0.25, -0.2) is 9.66 Å². The van der Waals surface area contributed by atoms with E-state index in [1.807, 2.05) is 0 Å². The average molecular weight is 204 g/mol. The first kappa shape index (κ1) is 9.25. The molecule has 2 aromatic rings. The largest absolute Gasteiger partial charge is 0.290 e. The Morgan fingerprint density at radius 1 is 1.27 bits per heavy atom. The van der Waals surface area contributed by atoms with Crippen LogP contribution in [0.1, 0.15) is 16.2 Å². The fourth-order valence-electron chi connectivity index (χ4n) is 0.943. The molecular weight excluding hydrogens is 196 g/mol. The second kappa shape index (κ2) is 3.82. The molecule has 0 aliphatic carbocycles. The highest BCUT2D eigenvalue weighted by molar-refractivity contribution is 5.97. The minimum absolute atomic E-state index is 0.245.